The Morgan fingerprint density at radius 3 is 2.54 bits per heavy atom. The standard InChI is InChI=1S/C17H22F3N3O2.HI/c1-21-16(23-8-6-13(7-9-23)15(24)25-2)22-11-12-4-3-5-14(10-12)17(18,19)20;/h3-5,10,13H,6-9,11H2,1-2H3,(H,21,22);1H. The van der Waals surface area contributed by atoms with Crippen molar-refractivity contribution in [2.45, 2.75) is 25.6 Å². The number of halogens is 4. The van der Waals surface area contributed by atoms with Crippen LogP contribution in [0.15, 0.2) is 29.3 Å². The molecule has 0 aliphatic carbocycles. The molecule has 1 aromatic carbocycles. The number of rotatable bonds is 3. The SMILES string of the molecule is CN=C(NCc1cccc(C(F)(F)F)c1)N1CCC(C(=O)OC)CC1.I. The van der Waals surface area contributed by atoms with Crippen LogP contribution in [0.2, 0.25) is 0 Å². The van der Waals surface area contributed by atoms with E-state index in [0.717, 1.165) is 12.1 Å². The largest absolute Gasteiger partial charge is 0.469 e. The third-order valence-electron chi connectivity index (χ3n) is 4.25. The number of alkyl halides is 3. The molecule has 1 heterocycles. The first-order chi connectivity index (χ1) is 11.8. The zero-order valence-electron chi connectivity index (χ0n) is 14.7. The van der Waals surface area contributed by atoms with Crippen LogP contribution in [0.1, 0.15) is 24.0 Å². The Labute approximate surface area is 168 Å². The Balaban J connectivity index is 0.00000338. The predicted octanol–water partition coefficient (Wildman–Crippen LogP) is 3.28. The number of likely N-dealkylation sites (tertiary alicyclic amines) is 1. The maximum Gasteiger partial charge on any atom is 0.416 e. The van der Waals surface area contributed by atoms with E-state index in [2.05, 4.69) is 10.3 Å². The van der Waals surface area contributed by atoms with Gasteiger partial charge in [0.25, 0.3) is 0 Å². The van der Waals surface area contributed by atoms with Crippen molar-refractivity contribution in [3.05, 3.63) is 35.4 Å². The monoisotopic (exact) mass is 485 g/mol. The number of carbonyl (C=O) groups is 1. The molecule has 1 N–H and O–H groups in total. The quantitative estimate of drug-likeness (QED) is 0.309. The lowest BCUT2D eigenvalue weighted by molar-refractivity contribution is -0.146. The third kappa shape index (κ3) is 6.03. The summed E-state index contributed by atoms with van der Waals surface area (Å²) in [5.41, 5.74) is -0.138. The van der Waals surface area contributed by atoms with Crippen molar-refractivity contribution < 1.29 is 22.7 Å². The Morgan fingerprint density at radius 2 is 2.00 bits per heavy atom. The van der Waals surface area contributed by atoms with Crippen LogP contribution in [-0.4, -0.2) is 44.1 Å². The molecule has 0 saturated carbocycles. The lowest BCUT2D eigenvalue weighted by atomic mass is 9.97. The lowest BCUT2D eigenvalue weighted by Gasteiger charge is -2.33. The van der Waals surface area contributed by atoms with Crippen molar-refractivity contribution in [2.75, 3.05) is 27.2 Å². The van der Waals surface area contributed by atoms with Crippen molar-refractivity contribution in [1.82, 2.24) is 10.2 Å². The van der Waals surface area contributed by atoms with Gasteiger partial charge >= 0.3 is 12.1 Å². The van der Waals surface area contributed by atoms with Crippen molar-refractivity contribution >= 4 is 35.9 Å². The second-order valence-electron chi connectivity index (χ2n) is 5.88. The summed E-state index contributed by atoms with van der Waals surface area (Å²) in [6, 6.07) is 5.21. The molecule has 0 unspecified atom stereocenters. The van der Waals surface area contributed by atoms with Crippen LogP contribution in [0.4, 0.5) is 13.2 Å². The molecule has 26 heavy (non-hydrogen) atoms. The Hall–Kier alpha value is -1.52. The summed E-state index contributed by atoms with van der Waals surface area (Å²) in [5.74, 6) is 0.301. The smallest absolute Gasteiger partial charge is 0.416 e. The fraction of sp³-hybridized carbons (Fsp3) is 0.529. The van der Waals surface area contributed by atoms with E-state index in [-0.39, 0.29) is 42.4 Å². The molecule has 1 saturated heterocycles. The van der Waals surface area contributed by atoms with Gasteiger partial charge in [-0.3, -0.25) is 9.79 Å². The average Bonchev–Trinajstić information content (AvgIpc) is 2.61. The highest BCUT2D eigenvalue weighted by atomic mass is 127. The summed E-state index contributed by atoms with van der Waals surface area (Å²) in [5, 5.41) is 3.08. The van der Waals surface area contributed by atoms with Crippen LogP contribution in [0.3, 0.4) is 0 Å². The molecule has 0 aromatic heterocycles. The number of esters is 1. The molecule has 0 amide bonds. The number of nitrogens with zero attached hydrogens (tertiary/aromatic N) is 2. The molecule has 0 atom stereocenters. The molecule has 9 heteroatoms. The summed E-state index contributed by atoms with van der Waals surface area (Å²) >= 11 is 0. The number of piperidine rings is 1. The van der Waals surface area contributed by atoms with E-state index in [1.54, 1.807) is 13.1 Å². The van der Waals surface area contributed by atoms with Crippen LogP contribution in [-0.2, 0) is 22.3 Å². The van der Waals surface area contributed by atoms with Gasteiger partial charge in [0, 0.05) is 26.7 Å². The van der Waals surface area contributed by atoms with Crippen LogP contribution in [0.5, 0.6) is 0 Å². The Morgan fingerprint density at radius 1 is 1.35 bits per heavy atom. The first-order valence-electron chi connectivity index (χ1n) is 8.04. The molecule has 1 aliphatic heterocycles. The molecule has 0 spiro atoms. The van der Waals surface area contributed by atoms with E-state index in [0.29, 0.717) is 37.5 Å². The number of aliphatic imine (C=N–C) groups is 1. The normalized spacial score (nSPS) is 16.0. The Kier molecular flexibility index (Phi) is 8.65. The molecule has 0 bridgehead atoms. The number of hydrogen-bond acceptors (Lipinski definition) is 3. The van der Waals surface area contributed by atoms with E-state index in [4.69, 9.17) is 4.74 Å². The minimum absolute atomic E-state index is 0. The van der Waals surface area contributed by atoms with Crippen molar-refractivity contribution in [3.63, 3.8) is 0 Å². The van der Waals surface area contributed by atoms with Gasteiger partial charge in [0.15, 0.2) is 5.96 Å². The zero-order chi connectivity index (χ0) is 18.4. The summed E-state index contributed by atoms with van der Waals surface area (Å²) in [7, 11) is 3.01. The number of ether oxygens (including phenoxy) is 1. The van der Waals surface area contributed by atoms with Gasteiger partial charge in [0.05, 0.1) is 18.6 Å². The minimum atomic E-state index is -4.35. The van der Waals surface area contributed by atoms with Crippen LogP contribution >= 0.6 is 24.0 Å². The molecule has 0 radical (unpaired) electrons. The van der Waals surface area contributed by atoms with E-state index >= 15 is 0 Å². The van der Waals surface area contributed by atoms with Crippen LogP contribution in [0, 0.1) is 5.92 Å². The summed E-state index contributed by atoms with van der Waals surface area (Å²) in [6.07, 6.45) is -3.03. The molecule has 2 rings (SSSR count). The first kappa shape index (κ1) is 22.5. The van der Waals surface area contributed by atoms with Gasteiger partial charge in [0.2, 0.25) is 0 Å². The van der Waals surface area contributed by atoms with Crippen LogP contribution < -0.4 is 5.32 Å². The number of nitrogens with one attached hydrogen (secondary N) is 1. The van der Waals surface area contributed by atoms with E-state index in [1.807, 2.05) is 4.90 Å². The number of hydrogen-bond donors (Lipinski definition) is 1. The summed E-state index contributed by atoms with van der Waals surface area (Å²) in [4.78, 5) is 17.7. The number of carbonyl (C=O) groups excluding carboxylic acids is 1. The maximum atomic E-state index is 12.8. The molecular weight excluding hydrogens is 462 g/mol. The molecule has 1 aromatic rings. The topological polar surface area (TPSA) is 53.9 Å². The highest BCUT2D eigenvalue weighted by Gasteiger charge is 2.30. The molecular formula is C17H23F3IN3O2. The fourth-order valence-corrected chi connectivity index (χ4v) is 2.86. The van der Waals surface area contributed by atoms with Gasteiger partial charge in [0.1, 0.15) is 0 Å². The molecule has 1 aliphatic rings. The minimum Gasteiger partial charge on any atom is -0.469 e. The second kappa shape index (κ2) is 9.98. The van der Waals surface area contributed by atoms with Gasteiger partial charge in [-0.05, 0) is 30.5 Å². The van der Waals surface area contributed by atoms with E-state index in [9.17, 15) is 18.0 Å². The number of methoxy groups -OCH3 is 1. The molecule has 1 fully saturated rings. The maximum absolute atomic E-state index is 12.8. The van der Waals surface area contributed by atoms with Crippen molar-refractivity contribution in [3.8, 4) is 0 Å². The van der Waals surface area contributed by atoms with Gasteiger partial charge in [-0.15, -0.1) is 24.0 Å². The average molecular weight is 485 g/mol. The van der Waals surface area contributed by atoms with Crippen molar-refractivity contribution in [1.29, 1.82) is 0 Å². The predicted molar refractivity (Wildman–Crippen MR) is 103 cm³/mol. The molecule has 146 valence electrons. The van der Waals surface area contributed by atoms with Crippen molar-refractivity contribution in [2.24, 2.45) is 10.9 Å². The zero-order valence-corrected chi connectivity index (χ0v) is 17.0. The van der Waals surface area contributed by atoms with Gasteiger partial charge in [-0.25, -0.2) is 0 Å². The summed E-state index contributed by atoms with van der Waals surface area (Å²) in [6.45, 7) is 1.53. The highest BCUT2D eigenvalue weighted by Crippen LogP contribution is 2.29. The lowest BCUT2D eigenvalue weighted by Crippen LogP contribution is -2.46. The summed E-state index contributed by atoms with van der Waals surface area (Å²) < 4.78 is 43.1. The number of guanidine groups is 1. The third-order valence-corrected chi connectivity index (χ3v) is 4.25. The van der Waals surface area contributed by atoms with Gasteiger partial charge in [-0.2, -0.15) is 13.2 Å². The molecule has 5 nitrogen and oxygen atoms in total. The van der Waals surface area contributed by atoms with Gasteiger partial charge < -0.3 is 15.0 Å². The van der Waals surface area contributed by atoms with E-state index in [1.165, 1.54) is 13.2 Å². The second-order valence-corrected chi connectivity index (χ2v) is 5.88. The van der Waals surface area contributed by atoms with Crippen LogP contribution in [0.25, 0.3) is 0 Å². The first-order valence-corrected chi connectivity index (χ1v) is 8.04. The number of benzene rings is 1. The fourth-order valence-electron chi connectivity index (χ4n) is 2.86. The van der Waals surface area contributed by atoms with E-state index < -0.39 is 11.7 Å². The highest BCUT2D eigenvalue weighted by molar-refractivity contribution is 14.0. The Bertz CT molecular complexity index is 630. The van der Waals surface area contributed by atoms with Gasteiger partial charge in [-0.1, -0.05) is 12.1 Å².